The van der Waals surface area contributed by atoms with E-state index in [1.165, 1.54) is 44.6 Å². The number of hydrogen-bond donors (Lipinski definition) is 0. The summed E-state index contributed by atoms with van der Waals surface area (Å²) in [5.74, 6) is 0.853. The van der Waals surface area contributed by atoms with Crippen molar-refractivity contribution in [1.29, 1.82) is 0 Å². The molecule has 2 aliphatic carbocycles. The maximum absolute atomic E-state index is 12.4. The lowest BCUT2D eigenvalue weighted by Crippen LogP contribution is -2.39. The Balaban J connectivity index is 1.72. The second kappa shape index (κ2) is 7.12. The van der Waals surface area contributed by atoms with E-state index in [0.717, 1.165) is 31.0 Å². The first-order valence-corrected chi connectivity index (χ1v) is 8.71. The molecule has 1 amide bonds. The molecule has 0 radical (unpaired) electrons. The maximum Gasteiger partial charge on any atom is 0.246 e. The van der Waals surface area contributed by atoms with E-state index in [1.54, 1.807) is 0 Å². The molecule has 3 rings (SSSR count). The van der Waals surface area contributed by atoms with Crippen LogP contribution >= 0.6 is 0 Å². The molecule has 120 valence electrons. The molecule has 0 unspecified atom stereocenters. The van der Waals surface area contributed by atoms with E-state index in [1.807, 2.05) is 11.1 Å². The minimum Gasteiger partial charge on any atom is -0.330 e. The molecule has 0 N–H and O–H groups in total. The van der Waals surface area contributed by atoms with Gasteiger partial charge in [0.15, 0.2) is 0 Å². The summed E-state index contributed by atoms with van der Waals surface area (Å²) < 4.78 is 2.09. The molecule has 2 aliphatic rings. The first-order valence-electron chi connectivity index (χ1n) is 8.71. The molecule has 0 bridgehead atoms. The average molecular weight is 301 g/mol. The molecule has 0 saturated heterocycles. The molecule has 2 fully saturated rings. The predicted molar refractivity (Wildman–Crippen MR) is 87.2 cm³/mol. The normalized spacial score (nSPS) is 19.6. The van der Waals surface area contributed by atoms with Crippen molar-refractivity contribution in [2.24, 2.45) is 5.92 Å². The van der Waals surface area contributed by atoms with Gasteiger partial charge in [-0.2, -0.15) is 5.10 Å². The van der Waals surface area contributed by atoms with Gasteiger partial charge in [0.25, 0.3) is 0 Å². The first kappa shape index (κ1) is 15.3. The highest BCUT2D eigenvalue weighted by molar-refractivity contribution is 5.87. The zero-order valence-electron chi connectivity index (χ0n) is 13.4. The van der Waals surface area contributed by atoms with Gasteiger partial charge in [-0.25, -0.2) is 0 Å². The summed E-state index contributed by atoms with van der Waals surface area (Å²) in [4.78, 5) is 14.4. The van der Waals surface area contributed by atoms with Crippen LogP contribution in [0.1, 0.15) is 57.1 Å². The van der Waals surface area contributed by atoms with Crippen molar-refractivity contribution in [2.75, 3.05) is 0 Å². The lowest BCUT2D eigenvalue weighted by Gasteiger charge is -2.30. The Morgan fingerprint density at radius 3 is 2.64 bits per heavy atom. The third kappa shape index (κ3) is 3.79. The van der Waals surface area contributed by atoms with E-state index in [0.29, 0.717) is 12.6 Å². The number of nitrogens with zero attached hydrogens (tertiary/aromatic N) is 3. The minimum atomic E-state index is 0.0612. The fraction of sp³-hybridized carbons (Fsp3) is 0.667. The third-order valence-corrected chi connectivity index (χ3v) is 4.99. The number of carbonyl (C=O) groups excluding carboxylic acids is 1. The van der Waals surface area contributed by atoms with Crippen molar-refractivity contribution < 1.29 is 4.79 Å². The Morgan fingerprint density at radius 2 is 2.00 bits per heavy atom. The summed E-state index contributed by atoms with van der Waals surface area (Å²) >= 11 is 0. The number of aromatic nitrogens is 2. The molecule has 0 aromatic carbocycles. The number of amides is 1. The van der Waals surface area contributed by atoms with Crippen LogP contribution in [0.15, 0.2) is 24.9 Å². The van der Waals surface area contributed by atoms with E-state index in [4.69, 9.17) is 0 Å². The lowest BCUT2D eigenvalue weighted by molar-refractivity contribution is -0.129. The van der Waals surface area contributed by atoms with Gasteiger partial charge >= 0.3 is 0 Å². The van der Waals surface area contributed by atoms with Gasteiger partial charge in [-0.15, -0.1) is 0 Å². The standard InChI is InChI=1S/C18H27N3O/c1-2-18(22)20(16-7-5-3-4-6-8-16)14-17-11-12-19-21(17)13-15-9-10-15/h2,11-12,15-16H,1,3-10,13-14H2. The molecular formula is C18H27N3O. The molecule has 1 aromatic rings. The van der Waals surface area contributed by atoms with Crippen LogP contribution in [0.2, 0.25) is 0 Å². The third-order valence-electron chi connectivity index (χ3n) is 4.99. The summed E-state index contributed by atoms with van der Waals surface area (Å²) in [6.45, 7) is 5.37. The number of carbonyl (C=O) groups is 1. The van der Waals surface area contributed by atoms with Crippen molar-refractivity contribution in [3.8, 4) is 0 Å². The predicted octanol–water partition coefficient (Wildman–Crippen LogP) is 3.53. The zero-order valence-corrected chi connectivity index (χ0v) is 13.4. The van der Waals surface area contributed by atoms with Crippen LogP contribution in [-0.2, 0) is 17.9 Å². The smallest absolute Gasteiger partial charge is 0.246 e. The highest BCUT2D eigenvalue weighted by Gasteiger charge is 2.26. The Bertz CT molecular complexity index is 510. The summed E-state index contributed by atoms with van der Waals surface area (Å²) in [5.41, 5.74) is 1.16. The summed E-state index contributed by atoms with van der Waals surface area (Å²) in [6.07, 6.45) is 13.3. The Kier molecular flexibility index (Phi) is 4.96. The second-order valence-electron chi connectivity index (χ2n) is 6.76. The van der Waals surface area contributed by atoms with Gasteiger partial charge in [0, 0.05) is 18.8 Å². The van der Waals surface area contributed by atoms with Gasteiger partial charge in [0.2, 0.25) is 5.91 Å². The van der Waals surface area contributed by atoms with Crippen molar-refractivity contribution in [3.05, 3.63) is 30.6 Å². The molecule has 2 saturated carbocycles. The van der Waals surface area contributed by atoms with E-state index in [2.05, 4.69) is 22.4 Å². The summed E-state index contributed by atoms with van der Waals surface area (Å²) in [6, 6.07) is 2.42. The fourth-order valence-electron chi connectivity index (χ4n) is 3.45. The largest absolute Gasteiger partial charge is 0.330 e. The van der Waals surface area contributed by atoms with Gasteiger partial charge in [0.05, 0.1) is 12.2 Å². The van der Waals surface area contributed by atoms with Crippen molar-refractivity contribution >= 4 is 5.91 Å². The number of rotatable bonds is 6. The fourth-order valence-corrected chi connectivity index (χ4v) is 3.45. The van der Waals surface area contributed by atoms with Gasteiger partial charge in [-0.3, -0.25) is 9.48 Å². The number of hydrogen-bond acceptors (Lipinski definition) is 2. The molecule has 0 aliphatic heterocycles. The second-order valence-corrected chi connectivity index (χ2v) is 6.76. The van der Waals surface area contributed by atoms with Gasteiger partial charge in [-0.1, -0.05) is 32.3 Å². The zero-order chi connectivity index (χ0) is 15.4. The van der Waals surface area contributed by atoms with E-state index in [-0.39, 0.29) is 5.91 Å². The minimum absolute atomic E-state index is 0.0612. The van der Waals surface area contributed by atoms with Crippen molar-refractivity contribution in [1.82, 2.24) is 14.7 Å². The van der Waals surface area contributed by atoms with E-state index in [9.17, 15) is 4.79 Å². The van der Waals surface area contributed by atoms with Crippen LogP contribution in [0.3, 0.4) is 0 Å². The van der Waals surface area contributed by atoms with Crippen LogP contribution in [0.25, 0.3) is 0 Å². The van der Waals surface area contributed by atoms with E-state index < -0.39 is 0 Å². The highest BCUT2D eigenvalue weighted by Crippen LogP contribution is 2.31. The molecule has 4 nitrogen and oxygen atoms in total. The molecule has 0 spiro atoms. The highest BCUT2D eigenvalue weighted by atomic mass is 16.2. The molecular weight excluding hydrogens is 274 g/mol. The average Bonchev–Trinajstić information content (AvgIpc) is 3.29. The van der Waals surface area contributed by atoms with Gasteiger partial charge in [-0.05, 0) is 43.7 Å². The molecule has 1 aromatic heterocycles. The molecule has 4 heteroatoms. The van der Waals surface area contributed by atoms with Crippen LogP contribution < -0.4 is 0 Å². The monoisotopic (exact) mass is 301 g/mol. The Morgan fingerprint density at radius 1 is 1.27 bits per heavy atom. The maximum atomic E-state index is 12.4. The lowest BCUT2D eigenvalue weighted by atomic mass is 10.1. The van der Waals surface area contributed by atoms with E-state index >= 15 is 0 Å². The molecule has 1 heterocycles. The Labute approximate surface area is 133 Å². The van der Waals surface area contributed by atoms with Gasteiger partial charge in [0.1, 0.15) is 0 Å². The van der Waals surface area contributed by atoms with Crippen LogP contribution in [0, 0.1) is 5.92 Å². The van der Waals surface area contributed by atoms with Crippen LogP contribution in [0.4, 0.5) is 0 Å². The van der Waals surface area contributed by atoms with Crippen molar-refractivity contribution in [3.63, 3.8) is 0 Å². The van der Waals surface area contributed by atoms with Crippen molar-refractivity contribution in [2.45, 2.75) is 70.5 Å². The quantitative estimate of drug-likeness (QED) is 0.595. The topological polar surface area (TPSA) is 38.1 Å². The summed E-state index contributed by atoms with van der Waals surface area (Å²) in [7, 11) is 0. The summed E-state index contributed by atoms with van der Waals surface area (Å²) in [5, 5.41) is 4.45. The SMILES string of the molecule is C=CC(=O)N(Cc1ccnn1CC1CC1)C1CCCCCC1. The first-order chi connectivity index (χ1) is 10.8. The van der Waals surface area contributed by atoms with Crippen LogP contribution in [-0.4, -0.2) is 26.6 Å². The molecule has 22 heavy (non-hydrogen) atoms. The molecule has 0 atom stereocenters. The van der Waals surface area contributed by atoms with Gasteiger partial charge < -0.3 is 4.90 Å². The van der Waals surface area contributed by atoms with Crippen LogP contribution in [0.5, 0.6) is 0 Å². The Hall–Kier alpha value is -1.58.